The summed E-state index contributed by atoms with van der Waals surface area (Å²) in [6.07, 6.45) is 5.23. The third kappa shape index (κ3) is 6.83. The molecule has 7 heteroatoms. The molecule has 1 saturated heterocycles. The maximum absolute atomic E-state index is 12.7. The number of rotatable bonds is 7. The highest BCUT2D eigenvalue weighted by Crippen LogP contribution is 2.38. The van der Waals surface area contributed by atoms with E-state index in [1.165, 1.54) is 18.4 Å². The first kappa shape index (κ1) is 26.2. The van der Waals surface area contributed by atoms with Crippen molar-refractivity contribution in [2.24, 2.45) is 5.73 Å². The monoisotopic (exact) mass is 445 g/mol. The normalized spacial score (nSPS) is 19.9. The summed E-state index contributed by atoms with van der Waals surface area (Å²) in [7, 11) is 0. The number of benzene rings is 1. The Bertz CT molecular complexity index is 613. The van der Waals surface area contributed by atoms with Gasteiger partial charge < -0.3 is 15.8 Å². The summed E-state index contributed by atoms with van der Waals surface area (Å²) in [6, 6.07) is 8.26. The molecule has 1 unspecified atom stereocenters. The quantitative estimate of drug-likeness (QED) is 0.669. The van der Waals surface area contributed by atoms with Crippen LogP contribution in [0.15, 0.2) is 24.3 Å². The number of nitrogens with two attached hydrogens (primary N) is 1. The minimum Gasteiger partial charge on any atom is -0.379 e. The maximum atomic E-state index is 12.7. The van der Waals surface area contributed by atoms with Crippen LogP contribution in [0.2, 0.25) is 0 Å². The summed E-state index contributed by atoms with van der Waals surface area (Å²) >= 11 is 0. The van der Waals surface area contributed by atoms with Gasteiger partial charge in [0, 0.05) is 37.6 Å². The summed E-state index contributed by atoms with van der Waals surface area (Å²) in [4.78, 5) is 15.2. The van der Waals surface area contributed by atoms with Crippen molar-refractivity contribution in [1.82, 2.24) is 10.2 Å². The highest BCUT2D eigenvalue weighted by atomic mass is 35.5. The van der Waals surface area contributed by atoms with E-state index in [4.69, 9.17) is 10.5 Å². The fourth-order valence-corrected chi connectivity index (χ4v) is 4.51. The van der Waals surface area contributed by atoms with E-state index in [0.717, 1.165) is 44.7 Å². The van der Waals surface area contributed by atoms with Gasteiger partial charge in [-0.25, -0.2) is 0 Å². The molecule has 0 bridgehead atoms. The molecule has 3 N–H and O–H groups in total. The smallest absolute Gasteiger partial charge is 0.221 e. The second kappa shape index (κ2) is 12.1. The Hall–Kier alpha value is -0.850. The first-order valence-corrected chi connectivity index (χ1v) is 10.5. The Labute approximate surface area is 187 Å². The minimum absolute atomic E-state index is 0. The molecule has 5 nitrogen and oxygen atoms in total. The van der Waals surface area contributed by atoms with Gasteiger partial charge in [0.15, 0.2) is 0 Å². The molecule has 1 heterocycles. The molecule has 3 rings (SSSR count). The van der Waals surface area contributed by atoms with E-state index in [2.05, 4.69) is 48.3 Å². The predicted octanol–water partition coefficient (Wildman–Crippen LogP) is 3.80. The van der Waals surface area contributed by atoms with Gasteiger partial charge in [0.2, 0.25) is 5.91 Å². The summed E-state index contributed by atoms with van der Waals surface area (Å²) < 4.78 is 5.50. The summed E-state index contributed by atoms with van der Waals surface area (Å²) in [6.45, 7) is 8.29. The molecule has 29 heavy (non-hydrogen) atoms. The molecule has 0 aromatic heterocycles. The predicted molar refractivity (Wildman–Crippen MR) is 123 cm³/mol. The van der Waals surface area contributed by atoms with E-state index in [-0.39, 0.29) is 42.3 Å². The number of carbonyl (C=O) groups excluding carboxylic acids is 1. The van der Waals surface area contributed by atoms with Crippen LogP contribution < -0.4 is 11.1 Å². The molecule has 2 aliphatic rings. The van der Waals surface area contributed by atoms with E-state index in [0.29, 0.717) is 18.9 Å². The molecule has 166 valence electrons. The molecular formula is C22H37Cl2N3O2. The van der Waals surface area contributed by atoms with Gasteiger partial charge >= 0.3 is 0 Å². The van der Waals surface area contributed by atoms with Crippen LogP contribution in [-0.4, -0.2) is 49.2 Å². The largest absolute Gasteiger partial charge is 0.379 e. The van der Waals surface area contributed by atoms with Crippen molar-refractivity contribution >= 4 is 30.7 Å². The van der Waals surface area contributed by atoms with Gasteiger partial charge in [-0.15, -0.1) is 24.8 Å². The molecule has 1 saturated carbocycles. The van der Waals surface area contributed by atoms with Crippen LogP contribution in [0.1, 0.15) is 69.0 Å². The van der Waals surface area contributed by atoms with E-state index in [9.17, 15) is 4.79 Å². The van der Waals surface area contributed by atoms with Crippen LogP contribution in [-0.2, 0) is 9.53 Å². The zero-order valence-corrected chi connectivity index (χ0v) is 19.3. The zero-order valence-electron chi connectivity index (χ0n) is 17.7. The van der Waals surface area contributed by atoms with E-state index in [1.54, 1.807) is 0 Å². The topological polar surface area (TPSA) is 67.6 Å². The Morgan fingerprint density at radius 1 is 1.10 bits per heavy atom. The lowest BCUT2D eigenvalue weighted by Gasteiger charge is -2.43. The van der Waals surface area contributed by atoms with Gasteiger partial charge in [-0.1, -0.05) is 51.0 Å². The Kier molecular flexibility index (Phi) is 10.9. The number of morpholine rings is 1. The standard InChI is InChI=1S/C22H35N3O2.2ClH/c1-17(2)18-5-7-19(8-6-18)20(23)16-24-21(26)15-22(9-3-4-10-22)25-11-13-27-14-12-25;;/h5-8,17,20H,3-4,9-16,23H2,1-2H3,(H,24,26);2*1H. The molecule has 1 aliphatic heterocycles. The molecule has 0 spiro atoms. The second-order valence-corrected chi connectivity index (χ2v) is 8.44. The van der Waals surface area contributed by atoms with Gasteiger partial charge in [0.1, 0.15) is 0 Å². The number of amides is 1. The van der Waals surface area contributed by atoms with E-state index in [1.807, 2.05) is 0 Å². The maximum Gasteiger partial charge on any atom is 0.221 e. The number of nitrogens with one attached hydrogen (secondary N) is 1. The average Bonchev–Trinajstić information content (AvgIpc) is 3.16. The van der Waals surface area contributed by atoms with Crippen molar-refractivity contribution in [2.45, 2.75) is 63.5 Å². The number of carbonyl (C=O) groups is 1. The van der Waals surface area contributed by atoms with Crippen LogP contribution in [0.5, 0.6) is 0 Å². The van der Waals surface area contributed by atoms with Crippen molar-refractivity contribution in [2.75, 3.05) is 32.8 Å². The van der Waals surface area contributed by atoms with Gasteiger partial charge in [-0.05, 0) is 29.9 Å². The fourth-order valence-electron chi connectivity index (χ4n) is 4.51. The first-order valence-electron chi connectivity index (χ1n) is 10.5. The number of nitrogens with zero attached hydrogens (tertiary/aromatic N) is 1. The van der Waals surface area contributed by atoms with Crippen molar-refractivity contribution in [1.29, 1.82) is 0 Å². The lowest BCUT2D eigenvalue weighted by Crippen LogP contribution is -2.54. The van der Waals surface area contributed by atoms with Crippen LogP contribution >= 0.6 is 24.8 Å². The number of hydrogen-bond donors (Lipinski definition) is 2. The fraction of sp³-hybridized carbons (Fsp3) is 0.682. The molecule has 1 aromatic rings. The molecular weight excluding hydrogens is 409 g/mol. The Morgan fingerprint density at radius 3 is 2.21 bits per heavy atom. The molecule has 1 aromatic carbocycles. The Morgan fingerprint density at radius 2 is 1.66 bits per heavy atom. The molecule has 1 atom stereocenters. The third-order valence-corrected chi connectivity index (χ3v) is 6.26. The molecule has 1 aliphatic carbocycles. The van der Waals surface area contributed by atoms with Crippen molar-refractivity contribution in [3.63, 3.8) is 0 Å². The van der Waals surface area contributed by atoms with Gasteiger partial charge in [-0.2, -0.15) is 0 Å². The van der Waals surface area contributed by atoms with Crippen molar-refractivity contribution in [3.8, 4) is 0 Å². The van der Waals surface area contributed by atoms with Crippen LogP contribution in [0.4, 0.5) is 0 Å². The second-order valence-electron chi connectivity index (χ2n) is 8.44. The van der Waals surface area contributed by atoms with Crippen molar-refractivity contribution < 1.29 is 9.53 Å². The summed E-state index contributed by atoms with van der Waals surface area (Å²) in [5, 5.41) is 3.09. The lowest BCUT2D eigenvalue weighted by molar-refractivity contribution is -0.125. The summed E-state index contributed by atoms with van der Waals surface area (Å²) in [5.74, 6) is 0.635. The Balaban J connectivity index is 0.00000210. The molecule has 0 radical (unpaired) electrons. The zero-order chi connectivity index (χ0) is 19.3. The van der Waals surface area contributed by atoms with Gasteiger partial charge in [0.05, 0.1) is 13.2 Å². The number of hydrogen-bond acceptors (Lipinski definition) is 4. The third-order valence-electron chi connectivity index (χ3n) is 6.26. The van der Waals surface area contributed by atoms with E-state index < -0.39 is 0 Å². The average molecular weight is 446 g/mol. The highest BCUT2D eigenvalue weighted by Gasteiger charge is 2.41. The molecule has 2 fully saturated rings. The molecule has 1 amide bonds. The van der Waals surface area contributed by atoms with Crippen molar-refractivity contribution in [3.05, 3.63) is 35.4 Å². The SMILES string of the molecule is CC(C)c1ccc(C(N)CNC(=O)CC2(N3CCOCC3)CCCC2)cc1.Cl.Cl. The number of halogens is 2. The minimum atomic E-state index is -0.168. The number of ether oxygens (including phenoxy) is 1. The van der Waals surface area contributed by atoms with Gasteiger partial charge in [0.25, 0.3) is 0 Å². The van der Waals surface area contributed by atoms with Crippen LogP contribution in [0.25, 0.3) is 0 Å². The highest BCUT2D eigenvalue weighted by molar-refractivity contribution is 5.85. The van der Waals surface area contributed by atoms with Crippen LogP contribution in [0.3, 0.4) is 0 Å². The van der Waals surface area contributed by atoms with Gasteiger partial charge in [-0.3, -0.25) is 9.69 Å². The summed E-state index contributed by atoms with van der Waals surface area (Å²) in [5.41, 5.74) is 8.72. The first-order chi connectivity index (χ1) is 13.0. The van der Waals surface area contributed by atoms with Crippen LogP contribution in [0, 0.1) is 0 Å². The lowest BCUT2D eigenvalue weighted by atomic mass is 9.90. The van der Waals surface area contributed by atoms with E-state index >= 15 is 0 Å².